The largest absolute Gasteiger partial charge is 0.437 e. The van der Waals surface area contributed by atoms with E-state index < -0.39 is 15.5 Å². The van der Waals surface area contributed by atoms with Crippen LogP contribution in [0, 0.1) is 0 Å². The van der Waals surface area contributed by atoms with Crippen molar-refractivity contribution in [1.29, 1.82) is 0 Å². The summed E-state index contributed by atoms with van der Waals surface area (Å²) < 4.78 is 44.4. The van der Waals surface area contributed by atoms with Crippen LogP contribution >= 0.6 is 10.0 Å². The Kier molecular flexibility index (Phi) is 5.13. The van der Waals surface area contributed by atoms with E-state index in [0.29, 0.717) is 14.7 Å². The van der Waals surface area contributed by atoms with Gasteiger partial charge in [-0.05, 0) is 47.4 Å². The van der Waals surface area contributed by atoms with Crippen molar-refractivity contribution in [1.82, 2.24) is 0 Å². The van der Waals surface area contributed by atoms with Gasteiger partial charge in [-0.2, -0.15) is 13.2 Å². The molecule has 0 unspecified atom stereocenters. The van der Waals surface area contributed by atoms with Gasteiger partial charge in [0.05, 0.1) is 0 Å². The first-order valence-corrected chi connectivity index (χ1v) is 10.4. The fraction of sp³-hybridized carbons (Fsp3) is 0.217. The Bertz CT molecular complexity index is 837. The van der Waals surface area contributed by atoms with E-state index in [0.717, 1.165) is 5.56 Å². The van der Waals surface area contributed by atoms with Gasteiger partial charge in [0.25, 0.3) is 0 Å². The smallest absolute Gasteiger partial charge is 0.161 e. The molecule has 0 bridgehead atoms. The molecule has 0 saturated heterocycles. The molecule has 3 aromatic carbocycles. The van der Waals surface area contributed by atoms with Crippen LogP contribution in [0.4, 0.5) is 13.2 Å². The van der Waals surface area contributed by atoms with E-state index in [1.54, 1.807) is 72.8 Å². The first-order valence-electron chi connectivity index (χ1n) is 8.78. The monoisotopic (exact) mass is 388 g/mol. The number of alkyl halides is 3. The molecule has 3 rings (SSSR count). The lowest BCUT2D eigenvalue weighted by atomic mass is 9.87. The van der Waals surface area contributed by atoms with Crippen molar-refractivity contribution in [3.05, 3.63) is 90.5 Å². The summed E-state index contributed by atoms with van der Waals surface area (Å²) >= 11 is 0. The van der Waals surface area contributed by atoms with E-state index in [1.165, 1.54) is 0 Å². The molecule has 27 heavy (non-hydrogen) atoms. The van der Waals surface area contributed by atoms with Crippen molar-refractivity contribution in [3.8, 4) is 0 Å². The number of hydrogen-bond acceptors (Lipinski definition) is 0. The van der Waals surface area contributed by atoms with Gasteiger partial charge in [0.2, 0.25) is 0 Å². The SMILES string of the molecule is CC(C)(C)c1ccc(S(c2ccccc2)(c2ccccc2)C(F)(F)F)cc1. The molecule has 0 amide bonds. The summed E-state index contributed by atoms with van der Waals surface area (Å²) in [6.07, 6.45) is 0. The molecule has 0 nitrogen and oxygen atoms in total. The van der Waals surface area contributed by atoms with E-state index in [2.05, 4.69) is 20.8 Å². The third-order valence-electron chi connectivity index (χ3n) is 4.61. The average Bonchev–Trinajstić information content (AvgIpc) is 2.63. The van der Waals surface area contributed by atoms with Gasteiger partial charge < -0.3 is 0 Å². The molecular weight excluding hydrogens is 365 g/mol. The molecule has 0 aliphatic rings. The van der Waals surface area contributed by atoms with Crippen LogP contribution in [0.5, 0.6) is 0 Å². The maximum absolute atomic E-state index is 14.8. The van der Waals surface area contributed by atoms with Crippen LogP contribution in [0.15, 0.2) is 99.6 Å². The minimum Gasteiger partial charge on any atom is -0.161 e. The molecule has 0 fully saturated rings. The van der Waals surface area contributed by atoms with E-state index in [4.69, 9.17) is 0 Å². The minimum atomic E-state index is -4.42. The molecule has 0 N–H and O–H groups in total. The second kappa shape index (κ2) is 7.08. The van der Waals surface area contributed by atoms with Gasteiger partial charge in [0.15, 0.2) is 0 Å². The zero-order valence-corrected chi connectivity index (χ0v) is 16.4. The van der Waals surface area contributed by atoms with Gasteiger partial charge in [-0.25, -0.2) is 0 Å². The molecule has 0 aliphatic heterocycles. The summed E-state index contributed by atoms with van der Waals surface area (Å²) in [5.74, 6) is 0. The van der Waals surface area contributed by atoms with Crippen molar-refractivity contribution >= 4 is 10.0 Å². The zero-order chi connectivity index (χ0) is 19.7. The second-order valence-corrected chi connectivity index (χ2v) is 10.6. The predicted molar refractivity (Wildman–Crippen MR) is 106 cm³/mol. The fourth-order valence-corrected chi connectivity index (χ4v) is 6.51. The lowest BCUT2D eigenvalue weighted by Crippen LogP contribution is -2.22. The standard InChI is InChI=1S/C23H23F3S/c1-22(2,3)18-14-16-21(17-15-18)27(23(24,25)26,19-10-6-4-7-11-19)20-12-8-5-9-13-20/h4-17H,1-3H3. The number of hydrogen-bond donors (Lipinski definition) is 0. The number of halogens is 3. The molecule has 4 heteroatoms. The van der Waals surface area contributed by atoms with Crippen LogP contribution in [-0.4, -0.2) is 5.51 Å². The maximum Gasteiger partial charge on any atom is 0.437 e. The molecular formula is C23H23F3S. The number of rotatable bonds is 3. The molecule has 0 heterocycles. The number of benzene rings is 3. The Morgan fingerprint density at radius 1 is 0.556 bits per heavy atom. The third-order valence-corrected chi connectivity index (χ3v) is 8.25. The zero-order valence-electron chi connectivity index (χ0n) is 15.6. The highest BCUT2D eigenvalue weighted by atomic mass is 32.3. The molecule has 0 aromatic heterocycles. The fourth-order valence-electron chi connectivity index (χ4n) is 3.22. The van der Waals surface area contributed by atoms with Crippen LogP contribution < -0.4 is 0 Å². The molecule has 0 spiro atoms. The first kappa shape index (κ1) is 19.6. The van der Waals surface area contributed by atoms with Crippen LogP contribution in [-0.2, 0) is 5.41 Å². The molecule has 0 radical (unpaired) electrons. The molecule has 0 atom stereocenters. The summed E-state index contributed by atoms with van der Waals surface area (Å²) in [4.78, 5) is 0.903. The van der Waals surface area contributed by atoms with Gasteiger partial charge in [0, 0.05) is 14.7 Å². The highest BCUT2D eigenvalue weighted by molar-refractivity contribution is 8.34. The van der Waals surface area contributed by atoms with Crippen LogP contribution in [0.1, 0.15) is 26.3 Å². The summed E-state index contributed by atoms with van der Waals surface area (Å²) in [7, 11) is -3.41. The Morgan fingerprint density at radius 2 is 0.926 bits per heavy atom. The van der Waals surface area contributed by atoms with Gasteiger partial charge in [-0.3, -0.25) is 0 Å². The summed E-state index contributed by atoms with van der Waals surface area (Å²) in [6, 6.07) is 23.5. The molecule has 142 valence electrons. The van der Waals surface area contributed by atoms with Crippen molar-refractivity contribution in [2.24, 2.45) is 0 Å². The normalized spacial score (nSPS) is 13.4. The van der Waals surface area contributed by atoms with E-state index in [1.807, 2.05) is 12.1 Å². The van der Waals surface area contributed by atoms with Gasteiger partial charge >= 0.3 is 5.51 Å². The topological polar surface area (TPSA) is 0 Å². The Morgan fingerprint density at radius 3 is 1.26 bits per heavy atom. The average molecular weight is 388 g/mol. The van der Waals surface area contributed by atoms with Crippen LogP contribution in [0.2, 0.25) is 0 Å². The molecule has 0 aliphatic carbocycles. The highest BCUT2D eigenvalue weighted by Gasteiger charge is 2.53. The molecule has 0 saturated carbocycles. The summed E-state index contributed by atoms with van der Waals surface area (Å²) in [6.45, 7) is 6.17. The van der Waals surface area contributed by atoms with Gasteiger partial charge in [-0.15, -0.1) is 0 Å². The van der Waals surface area contributed by atoms with Gasteiger partial charge in [-0.1, -0.05) is 79.3 Å². The summed E-state index contributed by atoms with van der Waals surface area (Å²) in [5.41, 5.74) is -3.52. The van der Waals surface area contributed by atoms with Crippen molar-refractivity contribution in [2.45, 2.75) is 46.4 Å². The van der Waals surface area contributed by atoms with Crippen molar-refractivity contribution < 1.29 is 13.2 Å². The van der Waals surface area contributed by atoms with E-state index in [9.17, 15) is 13.2 Å². The Hall–Kier alpha value is -2.20. The van der Waals surface area contributed by atoms with Crippen molar-refractivity contribution in [2.75, 3.05) is 0 Å². The third kappa shape index (κ3) is 3.51. The van der Waals surface area contributed by atoms with E-state index >= 15 is 0 Å². The Balaban J connectivity index is 2.34. The lowest BCUT2D eigenvalue weighted by Gasteiger charge is -2.42. The molecule has 3 aromatic rings. The lowest BCUT2D eigenvalue weighted by molar-refractivity contribution is -0.0386. The first-order chi connectivity index (χ1) is 12.7. The highest BCUT2D eigenvalue weighted by Crippen LogP contribution is 2.77. The van der Waals surface area contributed by atoms with Crippen LogP contribution in [0.25, 0.3) is 0 Å². The van der Waals surface area contributed by atoms with Gasteiger partial charge in [0.1, 0.15) is 0 Å². The minimum absolute atomic E-state index is 0.117. The second-order valence-electron chi connectivity index (χ2n) is 7.46. The Labute approximate surface area is 160 Å². The van der Waals surface area contributed by atoms with E-state index in [-0.39, 0.29) is 5.41 Å². The predicted octanol–water partition coefficient (Wildman–Crippen LogP) is 7.79. The quantitative estimate of drug-likeness (QED) is 0.429. The maximum atomic E-state index is 14.8. The van der Waals surface area contributed by atoms with Crippen LogP contribution in [0.3, 0.4) is 0 Å². The summed E-state index contributed by atoms with van der Waals surface area (Å²) in [5, 5.41) is 0. The van der Waals surface area contributed by atoms with Crippen molar-refractivity contribution in [3.63, 3.8) is 0 Å².